The molecule has 0 aromatic heterocycles. The summed E-state index contributed by atoms with van der Waals surface area (Å²) in [6, 6.07) is 19.3. The number of rotatable bonds is 9. The molecule has 0 radical (unpaired) electrons. The third-order valence-corrected chi connectivity index (χ3v) is 10.6. The van der Waals surface area contributed by atoms with Crippen LogP contribution in [0.4, 0.5) is 4.79 Å². The largest absolute Gasteiger partial charge is 0.466 e. The number of nitrogens with one attached hydrogen (secondary N) is 1. The van der Waals surface area contributed by atoms with Crippen molar-refractivity contribution >= 4 is 17.9 Å². The zero-order chi connectivity index (χ0) is 31.2. The lowest BCUT2D eigenvalue weighted by Gasteiger charge is -2.39. The molecule has 3 amide bonds. The number of benzene rings is 2. The Labute approximate surface area is 268 Å². The van der Waals surface area contributed by atoms with Gasteiger partial charge in [0, 0.05) is 49.9 Å². The second-order valence-electron chi connectivity index (χ2n) is 13.5. The highest BCUT2D eigenvalue weighted by Gasteiger charge is 2.45. The fourth-order valence-corrected chi connectivity index (χ4v) is 8.15. The standard InChI is InChI=1S/C37H50N4O4/c1-2-45-36(43)32-15-9-10-16-33(32)38-35(42)29-19-17-27(18-20-29)25-39-23-21-31(22-24-39)41-34(28-11-5-3-6-12-28)26-40(37(41)44)30-13-7-4-8-14-30/h3,5-6,11-12,17-20,30-34H,2,4,7-10,13-16,21-26H2,1H3,(H,38,42)/t32-,33-,34+/m1/s1. The maximum atomic E-state index is 13.9. The van der Waals surface area contributed by atoms with Gasteiger partial charge in [-0.2, -0.15) is 0 Å². The molecule has 242 valence electrons. The molecule has 0 spiro atoms. The fraction of sp³-hybridized carbons (Fsp3) is 0.595. The number of esters is 1. The molecule has 8 heteroatoms. The van der Waals surface area contributed by atoms with Crippen molar-refractivity contribution in [3.63, 3.8) is 0 Å². The number of carbonyl (C=O) groups is 3. The highest BCUT2D eigenvalue weighted by Crippen LogP contribution is 2.38. The molecule has 2 saturated carbocycles. The number of urea groups is 1. The lowest BCUT2D eigenvalue weighted by Crippen LogP contribution is -2.48. The lowest BCUT2D eigenvalue weighted by atomic mass is 9.84. The summed E-state index contributed by atoms with van der Waals surface area (Å²) in [6.07, 6.45) is 11.5. The van der Waals surface area contributed by atoms with E-state index in [2.05, 4.69) is 50.3 Å². The van der Waals surface area contributed by atoms with Crippen molar-refractivity contribution in [2.45, 2.75) is 108 Å². The Morgan fingerprint density at radius 1 is 0.822 bits per heavy atom. The third-order valence-electron chi connectivity index (χ3n) is 10.6. The molecular weight excluding hydrogens is 564 g/mol. The molecule has 45 heavy (non-hydrogen) atoms. The molecule has 2 aromatic carbocycles. The van der Waals surface area contributed by atoms with E-state index >= 15 is 0 Å². The van der Waals surface area contributed by atoms with Crippen LogP contribution in [-0.2, 0) is 16.1 Å². The molecule has 0 unspecified atom stereocenters. The summed E-state index contributed by atoms with van der Waals surface area (Å²) >= 11 is 0. The summed E-state index contributed by atoms with van der Waals surface area (Å²) in [6.45, 7) is 5.69. The summed E-state index contributed by atoms with van der Waals surface area (Å²) in [5.74, 6) is -0.596. The number of hydrogen-bond acceptors (Lipinski definition) is 5. The number of carbonyl (C=O) groups excluding carboxylic acids is 3. The van der Waals surface area contributed by atoms with E-state index < -0.39 is 0 Å². The van der Waals surface area contributed by atoms with Gasteiger partial charge in [0.15, 0.2) is 0 Å². The molecule has 2 aromatic rings. The number of likely N-dealkylation sites (tertiary alicyclic amines) is 1. The van der Waals surface area contributed by atoms with Crippen molar-refractivity contribution < 1.29 is 19.1 Å². The van der Waals surface area contributed by atoms with Crippen LogP contribution in [0, 0.1) is 5.92 Å². The quantitative estimate of drug-likeness (QED) is 0.335. The molecule has 2 aliphatic carbocycles. The number of hydrogen-bond donors (Lipinski definition) is 1. The smallest absolute Gasteiger partial charge is 0.321 e. The summed E-state index contributed by atoms with van der Waals surface area (Å²) in [5.41, 5.74) is 3.04. The first-order valence-electron chi connectivity index (χ1n) is 17.4. The molecule has 2 aliphatic heterocycles. The van der Waals surface area contributed by atoms with Crippen molar-refractivity contribution in [2.24, 2.45) is 5.92 Å². The fourth-order valence-electron chi connectivity index (χ4n) is 8.15. The molecule has 3 atom stereocenters. The highest BCUT2D eigenvalue weighted by molar-refractivity contribution is 5.94. The second-order valence-corrected chi connectivity index (χ2v) is 13.5. The molecule has 8 nitrogen and oxygen atoms in total. The van der Waals surface area contributed by atoms with Crippen LogP contribution in [0.15, 0.2) is 54.6 Å². The Hall–Kier alpha value is -3.39. The molecule has 4 fully saturated rings. The SMILES string of the molecule is CCOC(=O)[C@@H]1CCCC[C@H]1NC(=O)c1ccc(CN2CCC(N3C(=O)N(C4CCCCC4)C[C@H]3c3ccccc3)CC2)cc1. The molecular formula is C37H50N4O4. The minimum atomic E-state index is -0.265. The van der Waals surface area contributed by atoms with Gasteiger partial charge in [-0.25, -0.2) is 4.79 Å². The Bertz CT molecular complexity index is 1290. The predicted molar refractivity (Wildman–Crippen MR) is 175 cm³/mol. The topological polar surface area (TPSA) is 82.2 Å². The van der Waals surface area contributed by atoms with Gasteiger partial charge in [-0.1, -0.05) is 74.6 Å². The summed E-state index contributed by atoms with van der Waals surface area (Å²) < 4.78 is 5.27. The Balaban J connectivity index is 1.04. The first-order chi connectivity index (χ1) is 22.0. The molecule has 4 aliphatic rings. The van der Waals surface area contributed by atoms with E-state index in [0.717, 1.165) is 77.5 Å². The Kier molecular flexibility index (Phi) is 10.4. The first kappa shape index (κ1) is 31.6. The summed E-state index contributed by atoms with van der Waals surface area (Å²) in [7, 11) is 0. The van der Waals surface area contributed by atoms with Crippen LogP contribution in [0.5, 0.6) is 0 Å². The van der Waals surface area contributed by atoms with E-state index in [1.54, 1.807) is 0 Å². The summed E-state index contributed by atoms with van der Waals surface area (Å²) in [4.78, 5) is 46.3. The first-order valence-corrected chi connectivity index (χ1v) is 17.4. The van der Waals surface area contributed by atoms with Gasteiger partial charge in [0.25, 0.3) is 5.91 Å². The van der Waals surface area contributed by atoms with Gasteiger partial charge in [0.05, 0.1) is 18.6 Å². The summed E-state index contributed by atoms with van der Waals surface area (Å²) in [5, 5.41) is 3.11. The van der Waals surface area contributed by atoms with Crippen LogP contribution in [0.3, 0.4) is 0 Å². The van der Waals surface area contributed by atoms with Crippen molar-refractivity contribution in [2.75, 3.05) is 26.2 Å². The van der Waals surface area contributed by atoms with Crippen molar-refractivity contribution in [1.82, 2.24) is 20.0 Å². The van der Waals surface area contributed by atoms with Crippen LogP contribution in [0.1, 0.15) is 105 Å². The van der Waals surface area contributed by atoms with Gasteiger partial charge in [-0.15, -0.1) is 0 Å². The number of ether oxygens (including phenoxy) is 1. The van der Waals surface area contributed by atoms with Crippen molar-refractivity contribution in [1.29, 1.82) is 0 Å². The Morgan fingerprint density at radius 2 is 1.51 bits per heavy atom. The van der Waals surface area contributed by atoms with E-state index in [0.29, 0.717) is 18.2 Å². The van der Waals surface area contributed by atoms with E-state index in [-0.39, 0.29) is 42.0 Å². The van der Waals surface area contributed by atoms with E-state index in [1.807, 2.05) is 31.2 Å². The van der Waals surface area contributed by atoms with Gasteiger partial charge in [-0.3, -0.25) is 14.5 Å². The van der Waals surface area contributed by atoms with E-state index in [9.17, 15) is 14.4 Å². The van der Waals surface area contributed by atoms with E-state index in [1.165, 1.54) is 30.4 Å². The number of nitrogens with zero attached hydrogens (tertiary/aromatic N) is 3. The predicted octanol–water partition coefficient (Wildman–Crippen LogP) is 6.31. The maximum Gasteiger partial charge on any atom is 0.321 e. The third kappa shape index (κ3) is 7.37. The second kappa shape index (κ2) is 14.8. The minimum Gasteiger partial charge on any atom is -0.466 e. The van der Waals surface area contributed by atoms with Gasteiger partial charge < -0.3 is 19.9 Å². The van der Waals surface area contributed by atoms with Crippen LogP contribution in [0.25, 0.3) is 0 Å². The average molecular weight is 615 g/mol. The minimum absolute atomic E-state index is 0.122. The van der Waals surface area contributed by atoms with Gasteiger partial charge >= 0.3 is 12.0 Å². The monoisotopic (exact) mass is 614 g/mol. The normalized spacial score (nSPS) is 25.4. The van der Waals surface area contributed by atoms with Crippen LogP contribution >= 0.6 is 0 Å². The zero-order valence-corrected chi connectivity index (χ0v) is 26.9. The van der Waals surface area contributed by atoms with E-state index in [4.69, 9.17) is 4.74 Å². The maximum absolute atomic E-state index is 13.9. The van der Waals surface area contributed by atoms with Crippen LogP contribution in [0.2, 0.25) is 0 Å². The molecule has 6 rings (SSSR count). The average Bonchev–Trinajstić information content (AvgIpc) is 3.43. The molecule has 0 bridgehead atoms. The molecule has 2 heterocycles. The van der Waals surface area contributed by atoms with Crippen molar-refractivity contribution in [3.8, 4) is 0 Å². The zero-order valence-electron chi connectivity index (χ0n) is 26.9. The van der Waals surface area contributed by atoms with Crippen LogP contribution in [-0.4, -0.2) is 77.0 Å². The van der Waals surface area contributed by atoms with Gasteiger partial charge in [0.2, 0.25) is 0 Å². The number of piperidine rings is 1. The van der Waals surface area contributed by atoms with Gasteiger partial charge in [-0.05, 0) is 68.7 Å². The molecule has 1 N–H and O–H groups in total. The Morgan fingerprint density at radius 3 is 2.22 bits per heavy atom. The van der Waals surface area contributed by atoms with Crippen molar-refractivity contribution in [3.05, 3.63) is 71.3 Å². The highest BCUT2D eigenvalue weighted by atomic mass is 16.5. The molecule has 2 saturated heterocycles. The van der Waals surface area contributed by atoms with Crippen LogP contribution < -0.4 is 5.32 Å². The lowest BCUT2D eigenvalue weighted by molar-refractivity contribution is -0.150. The van der Waals surface area contributed by atoms with Gasteiger partial charge in [0.1, 0.15) is 0 Å². The number of amides is 3.